The molecule has 1 aromatic rings. The summed E-state index contributed by atoms with van der Waals surface area (Å²) in [5, 5.41) is 2.84. The Balaban J connectivity index is 2.14. The molecule has 8 nitrogen and oxygen atoms in total. The fraction of sp³-hybridized carbons (Fsp3) is 0.679. The normalized spacial score (nSPS) is 17.7. The number of thioether (sulfide) groups is 2. The number of esters is 1. The number of nitrogens with one attached hydrogen (secondary N) is 1. The van der Waals surface area contributed by atoms with Crippen LogP contribution in [-0.4, -0.2) is 76.9 Å². The molecule has 2 amide bonds. The first kappa shape index (κ1) is 32.1. The SMILES string of the molecule is COC(=O)[C@H](CCSC)NC(=O)c1cc(OCCC2CSC(C)(C)N2C(=O)OC(C)(C)C)ccc1C(C)C. The van der Waals surface area contributed by atoms with Crippen LogP contribution in [0, 0.1) is 0 Å². The van der Waals surface area contributed by atoms with E-state index >= 15 is 0 Å². The standard InChI is InChI=1S/C28H44N2O6S2/c1-18(2)21-11-10-20(16-22(21)24(31)29-23(13-15-37-9)25(32)34-8)35-14-12-19-17-38-28(6,7)30(19)26(33)36-27(3,4)5/h10-11,16,18-19,23H,12-15,17H2,1-9H3,(H,29,31)/t19?,23-/m0/s1. The van der Waals surface area contributed by atoms with Gasteiger partial charge in [-0.15, -0.1) is 11.8 Å². The average Bonchev–Trinajstić information content (AvgIpc) is 3.13. The average molecular weight is 569 g/mol. The van der Waals surface area contributed by atoms with Crippen molar-refractivity contribution in [3.63, 3.8) is 0 Å². The predicted molar refractivity (Wildman–Crippen MR) is 155 cm³/mol. The molecule has 0 spiro atoms. The molecule has 1 saturated heterocycles. The summed E-state index contributed by atoms with van der Waals surface area (Å²) in [6, 6.07) is 4.74. The highest BCUT2D eigenvalue weighted by Crippen LogP contribution is 2.41. The van der Waals surface area contributed by atoms with E-state index in [0.717, 1.165) is 17.1 Å². The third kappa shape index (κ3) is 9.00. The van der Waals surface area contributed by atoms with Gasteiger partial charge in [0.1, 0.15) is 17.4 Å². The van der Waals surface area contributed by atoms with Crippen molar-refractivity contribution in [2.45, 2.75) is 89.8 Å². The van der Waals surface area contributed by atoms with Gasteiger partial charge < -0.3 is 19.5 Å². The number of benzene rings is 1. The summed E-state index contributed by atoms with van der Waals surface area (Å²) >= 11 is 3.32. The smallest absolute Gasteiger partial charge is 0.411 e. The number of hydrogen-bond acceptors (Lipinski definition) is 8. The molecule has 0 bridgehead atoms. The Bertz CT molecular complexity index is 977. The Labute approximate surface area is 236 Å². The zero-order valence-corrected chi connectivity index (χ0v) is 25.8. The Morgan fingerprint density at radius 1 is 1.24 bits per heavy atom. The maximum atomic E-state index is 13.3. The van der Waals surface area contributed by atoms with Gasteiger partial charge in [-0.05, 0) is 76.7 Å². The molecule has 2 rings (SSSR count). The summed E-state index contributed by atoms with van der Waals surface area (Å²) in [7, 11) is 1.32. The molecule has 1 aromatic carbocycles. The van der Waals surface area contributed by atoms with Crippen molar-refractivity contribution >= 4 is 41.5 Å². The van der Waals surface area contributed by atoms with Crippen LogP contribution in [0.25, 0.3) is 0 Å². The van der Waals surface area contributed by atoms with Crippen LogP contribution in [0.5, 0.6) is 5.75 Å². The second kappa shape index (κ2) is 13.8. The molecule has 1 heterocycles. The maximum absolute atomic E-state index is 13.3. The lowest BCUT2D eigenvalue weighted by molar-refractivity contribution is -0.142. The van der Waals surface area contributed by atoms with E-state index in [-0.39, 0.29) is 28.8 Å². The highest BCUT2D eigenvalue weighted by atomic mass is 32.2. The lowest BCUT2D eigenvalue weighted by atomic mass is 9.96. The molecule has 0 saturated carbocycles. The molecule has 38 heavy (non-hydrogen) atoms. The topological polar surface area (TPSA) is 94.2 Å². The van der Waals surface area contributed by atoms with Crippen LogP contribution in [0.3, 0.4) is 0 Å². The second-order valence-electron chi connectivity index (χ2n) is 11.1. The summed E-state index contributed by atoms with van der Waals surface area (Å²) in [6.45, 7) is 14.1. The molecular weight excluding hydrogens is 524 g/mol. The van der Waals surface area contributed by atoms with Crippen LogP contribution in [0.4, 0.5) is 4.79 Å². The third-order valence-corrected chi connectivity index (χ3v) is 8.28. The number of carbonyl (C=O) groups is 3. The van der Waals surface area contributed by atoms with Gasteiger partial charge in [-0.2, -0.15) is 11.8 Å². The van der Waals surface area contributed by atoms with Gasteiger partial charge in [0.05, 0.1) is 18.6 Å². The molecule has 0 aliphatic carbocycles. The Hall–Kier alpha value is -2.07. The van der Waals surface area contributed by atoms with E-state index in [1.54, 1.807) is 29.6 Å². The van der Waals surface area contributed by atoms with Gasteiger partial charge in [0.2, 0.25) is 0 Å². The first-order valence-corrected chi connectivity index (χ1v) is 15.4. The zero-order chi connectivity index (χ0) is 28.7. The molecule has 1 N–H and O–H groups in total. The molecular formula is C28H44N2O6S2. The molecule has 0 aromatic heterocycles. The van der Waals surface area contributed by atoms with Gasteiger partial charge >= 0.3 is 12.1 Å². The van der Waals surface area contributed by atoms with Crippen molar-refractivity contribution in [2.24, 2.45) is 0 Å². The van der Waals surface area contributed by atoms with Gasteiger partial charge in [0.15, 0.2) is 0 Å². The van der Waals surface area contributed by atoms with Crippen LogP contribution in [0.15, 0.2) is 18.2 Å². The molecule has 214 valence electrons. The van der Waals surface area contributed by atoms with Crippen molar-refractivity contribution in [1.29, 1.82) is 0 Å². The summed E-state index contributed by atoms with van der Waals surface area (Å²) in [4.78, 5) is 39.9. The van der Waals surface area contributed by atoms with E-state index < -0.39 is 17.6 Å². The van der Waals surface area contributed by atoms with Crippen molar-refractivity contribution in [1.82, 2.24) is 10.2 Å². The predicted octanol–water partition coefficient (Wildman–Crippen LogP) is 5.69. The van der Waals surface area contributed by atoms with Crippen LogP contribution in [-0.2, 0) is 14.3 Å². The van der Waals surface area contributed by atoms with Crippen molar-refractivity contribution < 1.29 is 28.6 Å². The van der Waals surface area contributed by atoms with Gasteiger partial charge in [0, 0.05) is 23.8 Å². The van der Waals surface area contributed by atoms with Crippen molar-refractivity contribution in [2.75, 3.05) is 31.5 Å². The summed E-state index contributed by atoms with van der Waals surface area (Å²) < 4.78 is 16.6. The fourth-order valence-corrected chi connectivity index (χ4v) is 6.03. The van der Waals surface area contributed by atoms with Crippen LogP contribution in [0.1, 0.15) is 83.1 Å². The van der Waals surface area contributed by atoms with Crippen molar-refractivity contribution in [3.8, 4) is 5.75 Å². The number of amides is 2. The highest BCUT2D eigenvalue weighted by molar-refractivity contribution is 8.00. The number of methoxy groups -OCH3 is 1. The van der Waals surface area contributed by atoms with Gasteiger partial charge in [0.25, 0.3) is 5.91 Å². The number of hydrogen-bond donors (Lipinski definition) is 1. The maximum Gasteiger partial charge on any atom is 0.411 e. The Morgan fingerprint density at radius 3 is 2.50 bits per heavy atom. The number of nitrogens with zero attached hydrogens (tertiary/aromatic N) is 1. The molecule has 1 unspecified atom stereocenters. The van der Waals surface area contributed by atoms with Gasteiger partial charge in [-0.25, -0.2) is 9.59 Å². The monoisotopic (exact) mass is 568 g/mol. The molecule has 1 aliphatic rings. The van der Waals surface area contributed by atoms with Gasteiger partial charge in [-0.3, -0.25) is 9.69 Å². The van der Waals surface area contributed by atoms with Gasteiger partial charge in [-0.1, -0.05) is 19.9 Å². The number of rotatable bonds is 11. The largest absolute Gasteiger partial charge is 0.493 e. The Morgan fingerprint density at radius 2 is 1.92 bits per heavy atom. The van der Waals surface area contributed by atoms with E-state index in [9.17, 15) is 14.4 Å². The first-order chi connectivity index (χ1) is 17.7. The van der Waals surface area contributed by atoms with Crippen LogP contribution < -0.4 is 10.1 Å². The highest BCUT2D eigenvalue weighted by Gasteiger charge is 2.45. The molecule has 0 radical (unpaired) electrons. The first-order valence-electron chi connectivity index (χ1n) is 13.0. The Kier molecular flexibility index (Phi) is 11.7. The summed E-state index contributed by atoms with van der Waals surface area (Å²) in [6.07, 6.45) is 2.74. The van der Waals surface area contributed by atoms with E-state index in [4.69, 9.17) is 14.2 Å². The van der Waals surface area contributed by atoms with Crippen LogP contribution in [0.2, 0.25) is 0 Å². The quantitative estimate of drug-likeness (QED) is 0.340. The van der Waals surface area contributed by atoms with E-state index in [2.05, 4.69) is 5.32 Å². The van der Waals surface area contributed by atoms with E-state index in [0.29, 0.717) is 30.8 Å². The third-order valence-electron chi connectivity index (χ3n) is 6.18. The lowest BCUT2D eigenvalue weighted by Crippen LogP contribution is -2.49. The minimum absolute atomic E-state index is 0.0280. The molecule has 1 aliphatic heterocycles. The molecule has 10 heteroatoms. The van der Waals surface area contributed by atoms with Crippen LogP contribution >= 0.6 is 23.5 Å². The number of ether oxygens (including phenoxy) is 3. The van der Waals surface area contributed by atoms with E-state index in [1.165, 1.54) is 7.11 Å². The minimum Gasteiger partial charge on any atom is -0.493 e. The number of carbonyl (C=O) groups excluding carboxylic acids is 3. The minimum atomic E-state index is -0.716. The molecule has 1 fully saturated rings. The lowest BCUT2D eigenvalue weighted by Gasteiger charge is -2.36. The van der Waals surface area contributed by atoms with Crippen molar-refractivity contribution in [3.05, 3.63) is 29.3 Å². The van der Waals surface area contributed by atoms with E-state index in [1.807, 2.05) is 71.8 Å². The fourth-order valence-electron chi connectivity index (χ4n) is 4.28. The molecule has 2 atom stereocenters. The summed E-state index contributed by atoms with van der Waals surface area (Å²) in [5.41, 5.74) is 0.774. The summed E-state index contributed by atoms with van der Waals surface area (Å²) in [5.74, 6) is 1.38. The zero-order valence-electron chi connectivity index (χ0n) is 24.2. The second-order valence-corrected chi connectivity index (χ2v) is 13.7.